The minimum absolute atomic E-state index is 0.473. The largest absolute Gasteiger partial charge is 0.327 e. The van der Waals surface area contributed by atoms with Crippen molar-refractivity contribution in [2.75, 3.05) is 19.6 Å². The fraction of sp³-hybridized carbons (Fsp3) is 0.833. The summed E-state index contributed by atoms with van der Waals surface area (Å²) in [5.74, 6) is 0.765. The van der Waals surface area contributed by atoms with Crippen LogP contribution in [0.25, 0.3) is 0 Å². The van der Waals surface area contributed by atoms with Gasteiger partial charge in [-0.2, -0.15) is 0 Å². The van der Waals surface area contributed by atoms with Crippen LogP contribution in [0.2, 0.25) is 0 Å². The molecule has 2 atom stereocenters. The van der Waals surface area contributed by atoms with Crippen molar-refractivity contribution in [2.24, 2.45) is 11.7 Å². The second-order valence-corrected chi connectivity index (χ2v) is 4.93. The Morgan fingerprint density at radius 2 is 2.36 bits per heavy atom. The van der Waals surface area contributed by atoms with E-state index in [4.69, 9.17) is 5.73 Å². The third kappa shape index (κ3) is 2.37. The van der Waals surface area contributed by atoms with Gasteiger partial charge in [-0.15, -0.1) is 0 Å². The van der Waals surface area contributed by atoms with Gasteiger partial charge in [0.25, 0.3) is 0 Å². The molecule has 0 aromatic rings. The lowest BCUT2D eigenvalue weighted by Gasteiger charge is -2.29. The fourth-order valence-electron chi connectivity index (χ4n) is 2.77. The maximum Gasteiger partial charge on any atom is 0.0190 e. The molecule has 2 N–H and O–H groups in total. The Bertz CT molecular complexity index is 222. The number of rotatable bonds is 2. The first-order chi connectivity index (χ1) is 6.75. The highest BCUT2D eigenvalue weighted by Crippen LogP contribution is 2.25. The van der Waals surface area contributed by atoms with Gasteiger partial charge in [0.1, 0.15) is 0 Å². The molecule has 0 radical (unpaired) electrons. The summed E-state index contributed by atoms with van der Waals surface area (Å²) < 4.78 is 0. The van der Waals surface area contributed by atoms with E-state index in [0.29, 0.717) is 6.04 Å². The molecular formula is C12H22N2. The third-order valence-electron chi connectivity index (χ3n) is 3.62. The van der Waals surface area contributed by atoms with Crippen molar-refractivity contribution in [1.29, 1.82) is 0 Å². The molecule has 2 nitrogen and oxygen atoms in total. The van der Waals surface area contributed by atoms with Gasteiger partial charge in [0.2, 0.25) is 0 Å². The van der Waals surface area contributed by atoms with Gasteiger partial charge in [-0.25, -0.2) is 0 Å². The first-order valence-electron chi connectivity index (χ1n) is 5.89. The molecule has 2 aliphatic rings. The number of hydrogen-bond acceptors (Lipinski definition) is 2. The zero-order valence-electron chi connectivity index (χ0n) is 9.21. The lowest BCUT2D eigenvalue weighted by Crippen LogP contribution is -2.38. The molecule has 1 fully saturated rings. The van der Waals surface area contributed by atoms with Crippen molar-refractivity contribution in [1.82, 2.24) is 4.90 Å². The molecule has 0 unspecified atom stereocenters. The van der Waals surface area contributed by atoms with E-state index in [1.54, 1.807) is 0 Å². The summed E-state index contributed by atoms with van der Waals surface area (Å²) in [5.41, 5.74) is 7.62. The molecule has 0 amide bonds. The molecule has 0 aromatic heterocycles. The second kappa shape index (κ2) is 4.45. The maximum atomic E-state index is 6.09. The Morgan fingerprint density at radius 3 is 3.00 bits per heavy atom. The summed E-state index contributed by atoms with van der Waals surface area (Å²) in [6.07, 6.45) is 7.53. The van der Waals surface area contributed by atoms with Crippen LogP contribution in [0.3, 0.4) is 0 Å². The van der Waals surface area contributed by atoms with Gasteiger partial charge in [0, 0.05) is 25.7 Å². The van der Waals surface area contributed by atoms with Crippen LogP contribution in [-0.4, -0.2) is 30.6 Å². The molecule has 2 heteroatoms. The summed E-state index contributed by atoms with van der Waals surface area (Å²) in [6, 6.07) is 0.473. The fourth-order valence-corrected chi connectivity index (χ4v) is 2.77. The molecule has 80 valence electrons. The van der Waals surface area contributed by atoms with E-state index >= 15 is 0 Å². The third-order valence-corrected chi connectivity index (χ3v) is 3.62. The van der Waals surface area contributed by atoms with Gasteiger partial charge in [0.05, 0.1) is 0 Å². The van der Waals surface area contributed by atoms with E-state index in [2.05, 4.69) is 17.9 Å². The van der Waals surface area contributed by atoms with E-state index in [9.17, 15) is 0 Å². The normalized spacial score (nSPS) is 34.6. The van der Waals surface area contributed by atoms with Gasteiger partial charge in [-0.3, -0.25) is 4.90 Å². The van der Waals surface area contributed by atoms with Crippen LogP contribution in [0.4, 0.5) is 0 Å². The van der Waals surface area contributed by atoms with Crippen LogP contribution < -0.4 is 5.73 Å². The van der Waals surface area contributed by atoms with Crippen molar-refractivity contribution >= 4 is 0 Å². The van der Waals surface area contributed by atoms with Gasteiger partial charge >= 0.3 is 0 Å². The molecule has 1 aliphatic heterocycles. The molecule has 0 aromatic carbocycles. The highest BCUT2D eigenvalue weighted by molar-refractivity contribution is 5.04. The maximum absolute atomic E-state index is 6.09. The molecule has 0 saturated heterocycles. The van der Waals surface area contributed by atoms with Crippen molar-refractivity contribution in [3.63, 3.8) is 0 Å². The van der Waals surface area contributed by atoms with Gasteiger partial charge in [0.15, 0.2) is 0 Å². The number of nitrogens with two attached hydrogens (primary N) is 1. The van der Waals surface area contributed by atoms with E-state index in [-0.39, 0.29) is 0 Å². The lowest BCUT2D eigenvalue weighted by atomic mass is 10.0. The Morgan fingerprint density at radius 1 is 1.50 bits per heavy atom. The van der Waals surface area contributed by atoms with Crippen molar-refractivity contribution < 1.29 is 0 Å². The number of hydrogen-bond donors (Lipinski definition) is 1. The van der Waals surface area contributed by atoms with E-state index in [0.717, 1.165) is 5.92 Å². The predicted molar refractivity (Wildman–Crippen MR) is 60.1 cm³/mol. The van der Waals surface area contributed by atoms with Crippen LogP contribution in [-0.2, 0) is 0 Å². The quantitative estimate of drug-likeness (QED) is 0.679. The molecule has 0 spiro atoms. The van der Waals surface area contributed by atoms with Crippen LogP contribution in [0.5, 0.6) is 0 Å². The first kappa shape index (κ1) is 10.2. The van der Waals surface area contributed by atoms with Crippen LogP contribution in [0, 0.1) is 5.92 Å². The average Bonchev–Trinajstić information content (AvgIpc) is 2.52. The minimum atomic E-state index is 0.473. The van der Waals surface area contributed by atoms with Crippen LogP contribution in [0.1, 0.15) is 32.6 Å². The van der Waals surface area contributed by atoms with Crippen LogP contribution in [0.15, 0.2) is 11.6 Å². The Balaban J connectivity index is 1.82. The van der Waals surface area contributed by atoms with E-state index < -0.39 is 0 Å². The molecule has 1 heterocycles. The minimum Gasteiger partial charge on any atom is -0.327 e. The summed E-state index contributed by atoms with van der Waals surface area (Å²) in [7, 11) is 0. The van der Waals surface area contributed by atoms with Gasteiger partial charge in [-0.05, 0) is 32.1 Å². The predicted octanol–water partition coefficient (Wildman–Crippen LogP) is 1.77. The Kier molecular flexibility index (Phi) is 3.24. The highest BCUT2D eigenvalue weighted by atomic mass is 15.1. The SMILES string of the molecule is CC1=CCCN(C[C@@H]2CCC[C@@H]2N)C1. The molecule has 1 saturated carbocycles. The summed E-state index contributed by atoms with van der Waals surface area (Å²) in [4.78, 5) is 2.57. The first-order valence-corrected chi connectivity index (χ1v) is 5.89. The molecule has 2 rings (SSSR count). The van der Waals surface area contributed by atoms with Crippen molar-refractivity contribution in [2.45, 2.75) is 38.6 Å². The average molecular weight is 194 g/mol. The Hall–Kier alpha value is -0.340. The monoisotopic (exact) mass is 194 g/mol. The molecule has 0 bridgehead atoms. The van der Waals surface area contributed by atoms with Crippen molar-refractivity contribution in [3.8, 4) is 0 Å². The summed E-state index contributed by atoms with van der Waals surface area (Å²) in [5, 5.41) is 0. The highest BCUT2D eigenvalue weighted by Gasteiger charge is 2.26. The smallest absolute Gasteiger partial charge is 0.0190 e. The topological polar surface area (TPSA) is 29.3 Å². The zero-order chi connectivity index (χ0) is 9.97. The second-order valence-electron chi connectivity index (χ2n) is 4.93. The van der Waals surface area contributed by atoms with Crippen molar-refractivity contribution in [3.05, 3.63) is 11.6 Å². The number of nitrogens with zero attached hydrogens (tertiary/aromatic N) is 1. The van der Waals surface area contributed by atoms with E-state index in [1.807, 2.05) is 0 Å². The Labute approximate surface area is 87.2 Å². The van der Waals surface area contributed by atoms with Gasteiger partial charge < -0.3 is 5.73 Å². The standard InChI is InChI=1S/C12H22N2/c1-10-4-3-7-14(8-10)9-11-5-2-6-12(11)13/h4,11-12H,2-3,5-9,13H2,1H3/t11-,12-/m0/s1. The lowest BCUT2D eigenvalue weighted by molar-refractivity contribution is 0.235. The summed E-state index contributed by atoms with van der Waals surface area (Å²) >= 11 is 0. The van der Waals surface area contributed by atoms with E-state index in [1.165, 1.54) is 50.9 Å². The van der Waals surface area contributed by atoms with Gasteiger partial charge in [-0.1, -0.05) is 18.1 Å². The zero-order valence-corrected chi connectivity index (χ0v) is 9.21. The summed E-state index contributed by atoms with van der Waals surface area (Å²) in [6.45, 7) is 5.87. The molecule has 1 aliphatic carbocycles. The molecule has 14 heavy (non-hydrogen) atoms. The van der Waals surface area contributed by atoms with Crippen LogP contribution >= 0.6 is 0 Å². The molecular weight excluding hydrogens is 172 g/mol.